The van der Waals surface area contributed by atoms with Gasteiger partial charge in [0.15, 0.2) is 5.16 Å². The van der Waals surface area contributed by atoms with Gasteiger partial charge in [0.25, 0.3) is 0 Å². The van der Waals surface area contributed by atoms with Crippen LogP contribution in [0.5, 0.6) is 5.75 Å². The normalized spacial score (nSPS) is 10.9. The molecule has 4 aromatic rings. The maximum Gasteiger partial charge on any atom is 0.300 e. The highest BCUT2D eigenvalue weighted by Crippen LogP contribution is 2.22. The monoisotopic (exact) mass is 425 g/mol. The molecule has 1 amide bonds. The fourth-order valence-electron chi connectivity index (χ4n) is 2.86. The number of thioether (sulfide) groups is 1. The van der Waals surface area contributed by atoms with Crippen LogP contribution in [0.2, 0.25) is 0 Å². The Balaban J connectivity index is 1.55. The number of carbonyl (C=O) groups is 1. The van der Waals surface area contributed by atoms with Gasteiger partial charge in [0.1, 0.15) is 11.6 Å². The molecule has 2 aromatic heterocycles. The molecule has 8 nitrogen and oxygen atoms in total. The summed E-state index contributed by atoms with van der Waals surface area (Å²) in [6.07, 6.45) is 3.22. The molecule has 1 N–H and O–H groups in total. The van der Waals surface area contributed by atoms with Crippen LogP contribution in [0.4, 0.5) is 10.1 Å². The van der Waals surface area contributed by atoms with Crippen molar-refractivity contribution in [3.8, 4) is 11.4 Å². The number of nitrogens with zero attached hydrogens (tertiary/aromatic N) is 4. The molecular weight excluding hydrogens is 409 g/mol. The number of hydrogen-bond donors (Lipinski definition) is 1. The number of amides is 1. The van der Waals surface area contributed by atoms with Crippen molar-refractivity contribution >= 4 is 29.0 Å². The molecule has 152 valence electrons. The number of hydrogen-bond acceptors (Lipinski definition) is 6. The SMILES string of the molecule is COc1ccccc1-n1ccn2c(SCC(=O)Nc3ccccc3F)nnc2c1=O. The van der Waals surface area contributed by atoms with Gasteiger partial charge in [0.05, 0.1) is 24.2 Å². The molecule has 0 saturated carbocycles. The molecule has 2 heterocycles. The molecule has 0 unspecified atom stereocenters. The van der Waals surface area contributed by atoms with Gasteiger partial charge in [-0.15, -0.1) is 10.2 Å². The molecule has 0 aliphatic heterocycles. The average molecular weight is 425 g/mol. The molecular formula is C20H16FN5O3S. The lowest BCUT2D eigenvalue weighted by Crippen LogP contribution is -2.20. The molecule has 0 spiro atoms. The Morgan fingerprint density at radius 1 is 1.13 bits per heavy atom. The summed E-state index contributed by atoms with van der Waals surface area (Å²) >= 11 is 1.09. The van der Waals surface area contributed by atoms with Crippen molar-refractivity contribution in [3.63, 3.8) is 0 Å². The van der Waals surface area contributed by atoms with Gasteiger partial charge in [-0.1, -0.05) is 36.0 Å². The van der Waals surface area contributed by atoms with Crippen molar-refractivity contribution in [1.29, 1.82) is 0 Å². The van der Waals surface area contributed by atoms with Crippen molar-refractivity contribution < 1.29 is 13.9 Å². The molecule has 0 radical (unpaired) electrons. The van der Waals surface area contributed by atoms with Crippen LogP contribution in [0.1, 0.15) is 0 Å². The summed E-state index contributed by atoms with van der Waals surface area (Å²) in [5.41, 5.74) is 0.417. The number of aromatic nitrogens is 4. The van der Waals surface area contributed by atoms with E-state index in [0.717, 1.165) is 11.8 Å². The number of rotatable bonds is 6. The number of methoxy groups -OCH3 is 1. The third-order valence-corrected chi connectivity index (χ3v) is 5.21. The number of benzene rings is 2. The maximum atomic E-state index is 13.7. The van der Waals surface area contributed by atoms with Crippen LogP contribution < -0.4 is 15.6 Å². The Morgan fingerprint density at radius 3 is 2.70 bits per heavy atom. The van der Waals surface area contributed by atoms with Crippen molar-refractivity contribution in [1.82, 2.24) is 19.2 Å². The predicted molar refractivity (Wildman–Crippen MR) is 111 cm³/mol. The van der Waals surface area contributed by atoms with E-state index in [1.54, 1.807) is 42.7 Å². The Bertz CT molecular complexity index is 1290. The van der Waals surface area contributed by atoms with Gasteiger partial charge in [-0.3, -0.25) is 18.6 Å². The number of anilines is 1. The molecule has 0 saturated heterocycles. The Kier molecular flexibility index (Phi) is 5.48. The van der Waals surface area contributed by atoms with Crippen LogP contribution in [-0.4, -0.2) is 37.9 Å². The zero-order chi connectivity index (χ0) is 21.1. The van der Waals surface area contributed by atoms with Crippen molar-refractivity contribution in [3.05, 3.63) is 77.1 Å². The van der Waals surface area contributed by atoms with Gasteiger partial charge in [-0.05, 0) is 24.3 Å². The van der Waals surface area contributed by atoms with E-state index in [1.165, 1.54) is 28.2 Å². The first-order chi connectivity index (χ1) is 14.6. The van der Waals surface area contributed by atoms with Crippen LogP contribution in [-0.2, 0) is 4.79 Å². The van der Waals surface area contributed by atoms with E-state index in [2.05, 4.69) is 15.5 Å². The second kappa shape index (κ2) is 8.37. The average Bonchev–Trinajstić information content (AvgIpc) is 3.18. The molecule has 0 bridgehead atoms. The van der Waals surface area contributed by atoms with E-state index < -0.39 is 11.7 Å². The fourth-order valence-corrected chi connectivity index (χ4v) is 3.58. The summed E-state index contributed by atoms with van der Waals surface area (Å²) in [5, 5.41) is 10.8. The number of ether oxygens (including phenoxy) is 1. The Morgan fingerprint density at radius 2 is 1.90 bits per heavy atom. The second-order valence-corrected chi connectivity index (χ2v) is 7.08. The van der Waals surface area contributed by atoms with E-state index in [4.69, 9.17) is 4.74 Å². The number of halogens is 1. The quantitative estimate of drug-likeness (QED) is 0.478. The number of para-hydroxylation sites is 3. The highest BCUT2D eigenvalue weighted by atomic mass is 32.2. The molecule has 4 rings (SSSR count). The number of fused-ring (bicyclic) bond motifs is 1. The molecule has 30 heavy (non-hydrogen) atoms. The predicted octanol–water partition coefficient (Wildman–Crippen LogP) is 2.76. The maximum absolute atomic E-state index is 13.7. The van der Waals surface area contributed by atoms with Gasteiger partial charge in [-0.25, -0.2) is 4.39 Å². The van der Waals surface area contributed by atoms with Crippen molar-refractivity contribution in [2.75, 3.05) is 18.2 Å². The summed E-state index contributed by atoms with van der Waals surface area (Å²) in [6, 6.07) is 13.0. The molecule has 2 aromatic carbocycles. The smallest absolute Gasteiger partial charge is 0.300 e. The second-order valence-electron chi connectivity index (χ2n) is 6.14. The molecule has 0 aliphatic rings. The fraction of sp³-hybridized carbons (Fsp3) is 0.100. The molecule has 0 atom stereocenters. The van der Waals surface area contributed by atoms with Gasteiger partial charge in [0, 0.05) is 12.4 Å². The summed E-state index contributed by atoms with van der Waals surface area (Å²) in [5.74, 6) is -0.391. The Hall–Kier alpha value is -3.66. The van der Waals surface area contributed by atoms with Gasteiger partial charge in [0.2, 0.25) is 11.6 Å². The van der Waals surface area contributed by atoms with Crippen LogP contribution in [0, 0.1) is 5.82 Å². The molecule has 0 aliphatic carbocycles. The lowest BCUT2D eigenvalue weighted by molar-refractivity contribution is -0.113. The third kappa shape index (κ3) is 3.77. The highest BCUT2D eigenvalue weighted by molar-refractivity contribution is 7.99. The van der Waals surface area contributed by atoms with Crippen LogP contribution in [0.25, 0.3) is 11.3 Å². The summed E-state index contributed by atoms with van der Waals surface area (Å²) < 4.78 is 21.9. The summed E-state index contributed by atoms with van der Waals surface area (Å²) in [4.78, 5) is 25.0. The van der Waals surface area contributed by atoms with E-state index in [9.17, 15) is 14.0 Å². The van der Waals surface area contributed by atoms with Crippen LogP contribution >= 0.6 is 11.8 Å². The van der Waals surface area contributed by atoms with Gasteiger partial charge >= 0.3 is 5.56 Å². The zero-order valence-corrected chi connectivity index (χ0v) is 16.6. The minimum absolute atomic E-state index is 0.0231. The topological polar surface area (TPSA) is 90.5 Å². The van der Waals surface area contributed by atoms with Gasteiger partial charge in [-0.2, -0.15) is 0 Å². The van der Waals surface area contributed by atoms with Crippen LogP contribution in [0.3, 0.4) is 0 Å². The van der Waals surface area contributed by atoms with E-state index in [0.29, 0.717) is 16.6 Å². The Labute approximate surface area is 174 Å². The summed E-state index contributed by atoms with van der Waals surface area (Å²) in [6.45, 7) is 0. The molecule has 10 heteroatoms. The first-order valence-corrected chi connectivity index (χ1v) is 9.84. The standard InChI is InChI=1S/C20H16FN5O3S/c1-29-16-9-5-4-8-15(16)25-10-11-26-18(19(25)28)23-24-20(26)30-12-17(27)22-14-7-3-2-6-13(14)21/h2-11H,12H2,1H3,(H,22,27). The van der Waals surface area contributed by atoms with E-state index in [1.807, 2.05) is 6.07 Å². The zero-order valence-electron chi connectivity index (χ0n) is 15.8. The number of carbonyl (C=O) groups excluding carboxylic acids is 1. The van der Waals surface area contributed by atoms with E-state index in [-0.39, 0.29) is 22.6 Å². The van der Waals surface area contributed by atoms with Crippen LogP contribution in [0.15, 0.2) is 70.9 Å². The number of nitrogens with one attached hydrogen (secondary N) is 1. The summed E-state index contributed by atoms with van der Waals surface area (Å²) in [7, 11) is 1.53. The minimum Gasteiger partial charge on any atom is -0.495 e. The highest BCUT2D eigenvalue weighted by Gasteiger charge is 2.15. The minimum atomic E-state index is -0.513. The largest absolute Gasteiger partial charge is 0.495 e. The first kappa shape index (κ1) is 19.6. The van der Waals surface area contributed by atoms with E-state index >= 15 is 0 Å². The first-order valence-electron chi connectivity index (χ1n) is 8.85. The third-order valence-electron chi connectivity index (χ3n) is 4.26. The van der Waals surface area contributed by atoms with Crippen molar-refractivity contribution in [2.45, 2.75) is 5.16 Å². The molecule has 0 fully saturated rings. The van der Waals surface area contributed by atoms with Crippen molar-refractivity contribution in [2.24, 2.45) is 0 Å². The lowest BCUT2D eigenvalue weighted by Gasteiger charge is -2.10. The lowest BCUT2D eigenvalue weighted by atomic mass is 10.3. The van der Waals surface area contributed by atoms with Gasteiger partial charge < -0.3 is 10.1 Å².